The Morgan fingerprint density at radius 1 is 0.964 bits per heavy atom. The first kappa shape index (κ1) is 20.2. The lowest BCUT2D eigenvalue weighted by molar-refractivity contribution is -0.134. The average Bonchev–Trinajstić information content (AvgIpc) is 2.68. The lowest BCUT2D eigenvalue weighted by Gasteiger charge is -2.37. The molecule has 1 heterocycles. The van der Waals surface area contributed by atoms with E-state index in [9.17, 15) is 9.59 Å². The molecular weight excluding hydrogens is 374 g/mol. The summed E-state index contributed by atoms with van der Waals surface area (Å²) in [6, 6.07) is 11.6. The Bertz CT molecular complexity index is 889. The number of carbonyl (C=O) groups is 2. The number of halogens is 1. The normalized spacial score (nSPS) is 14.1. The summed E-state index contributed by atoms with van der Waals surface area (Å²) in [5.41, 5.74) is 5.21. The monoisotopic (exact) mass is 399 g/mol. The van der Waals surface area contributed by atoms with E-state index in [1.54, 1.807) is 23.1 Å². The molecule has 0 atom stereocenters. The molecule has 2 aromatic rings. The van der Waals surface area contributed by atoms with Gasteiger partial charge in [-0.1, -0.05) is 29.8 Å². The SMILES string of the molecule is Cc1cccc(N2CCN(C(=O)CC(=O)Nc3cccc(Cl)c3C)CC2)c1C. The lowest BCUT2D eigenvalue weighted by atomic mass is 10.1. The summed E-state index contributed by atoms with van der Waals surface area (Å²) >= 11 is 6.08. The van der Waals surface area contributed by atoms with Crippen molar-refractivity contribution in [3.05, 3.63) is 58.1 Å². The Morgan fingerprint density at radius 2 is 1.64 bits per heavy atom. The van der Waals surface area contributed by atoms with Crippen molar-refractivity contribution in [3.8, 4) is 0 Å². The standard InChI is InChI=1S/C22H26ClN3O2/c1-15-6-4-9-20(16(15)2)25-10-12-26(13-11-25)22(28)14-21(27)24-19-8-5-7-18(23)17(19)3/h4-9H,10-14H2,1-3H3,(H,24,27). The van der Waals surface area contributed by atoms with Crippen LogP contribution in [0.3, 0.4) is 0 Å². The Hall–Kier alpha value is -2.53. The van der Waals surface area contributed by atoms with Gasteiger partial charge in [0, 0.05) is 42.6 Å². The molecule has 148 valence electrons. The van der Waals surface area contributed by atoms with Crippen molar-refractivity contribution in [2.45, 2.75) is 27.2 Å². The molecule has 0 saturated carbocycles. The van der Waals surface area contributed by atoms with Gasteiger partial charge < -0.3 is 15.1 Å². The minimum atomic E-state index is -0.313. The van der Waals surface area contributed by atoms with Crippen molar-refractivity contribution in [3.63, 3.8) is 0 Å². The van der Waals surface area contributed by atoms with Crippen LogP contribution >= 0.6 is 11.6 Å². The third kappa shape index (κ3) is 4.47. The van der Waals surface area contributed by atoms with Crippen LogP contribution in [0.4, 0.5) is 11.4 Å². The molecule has 0 unspecified atom stereocenters. The average molecular weight is 400 g/mol. The Labute approximate surface area is 171 Å². The van der Waals surface area contributed by atoms with Gasteiger partial charge in [-0.05, 0) is 55.7 Å². The highest BCUT2D eigenvalue weighted by atomic mass is 35.5. The molecule has 2 aromatic carbocycles. The van der Waals surface area contributed by atoms with E-state index in [1.165, 1.54) is 16.8 Å². The van der Waals surface area contributed by atoms with E-state index in [0.29, 0.717) is 23.8 Å². The Balaban J connectivity index is 1.54. The maximum Gasteiger partial charge on any atom is 0.233 e. The summed E-state index contributed by atoms with van der Waals surface area (Å²) in [6.45, 7) is 8.86. The smallest absolute Gasteiger partial charge is 0.233 e. The molecule has 0 radical (unpaired) electrons. The quantitative estimate of drug-likeness (QED) is 0.792. The summed E-state index contributed by atoms with van der Waals surface area (Å²) in [6.07, 6.45) is -0.157. The van der Waals surface area contributed by atoms with Crippen molar-refractivity contribution in [2.75, 3.05) is 36.4 Å². The van der Waals surface area contributed by atoms with Crippen molar-refractivity contribution >= 4 is 34.8 Å². The zero-order valence-corrected chi connectivity index (χ0v) is 17.3. The third-order valence-corrected chi connectivity index (χ3v) is 5.81. The fraction of sp³-hybridized carbons (Fsp3) is 0.364. The predicted octanol–water partition coefficient (Wildman–Crippen LogP) is 3.94. The maximum absolute atomic E-state index is 12.5. The van der Waals surface area contributed by atoms with Gasteiger partial charge in [0.05, 0.1) is 0 Å². The highest BCUT2D eigenvalue weighted by Gasteiger charge is 2.24. The fourth-order valence-corrected chi connectivity index (χ4v) is 3.64. The van der Waals surface area contributed by atoms with Crippen LogP contribution in [0, 0.1) is 20.8 Å². The van der Waals surface area contributed by atoms with Crippen LogP contribution in [0.2, 0.25) is 5.02 Å². The van der Waals surface area contributed by atoms with Crippen LogP contribution in [-0.4, -0.2) is 42.9 Å². The second-order valence-electron chi connectivity index (χ2n) is 7.22. The van der Waals surface area contributed by atoms with Gasteiger partial charge in [0.2, 0.25) is 11.8 Å². The minimum Gasteiger partial charge on any atom is -0.368 e. The van der Waals surface area contributed by atoms with Crippen LogP contribution < -0.4 is 10.2 Å². The molecule has 28 heavy (non-hydrogen) atoms. The summed E-state index contributed by atoms with van der Waals surface area (Å²) in [5.74, 6) is -0.454. The van der Waals surface area contributed by atoms with E-state index in [2.05, 4.69) is 42.3 Å². The molecule has 1 fully saturated rings. The molecule has 1 aliphatic rings. The molecule has 0 bridgehead atoms. The number of anilines is 2. The van der Waals surface area contributed by atoms with Crippen LogP contribution in [0.15, 0.2) is 36.4 Å². The maximum atomic E-state index is 12.5. The molecule has 1 saturated heterocycles. The summed E-state index contributed by atoms with van der Waals surface area (Å²) in [5, 5.41) is 3.38. The van der Waals surface area contributed by atoms with E-state index in [4.69, 9.17) is 11.6 Å². The molecule has 2 amide bonds. The highest BCUT2D eigenvalue weighted by Crippen LogP contribution is 2.25. The van der Waals surface area contributed by atoms with Gasteiger partial charge in [-0.25, -0.2) is 0 Å². The third-order valence-electron chi connectivity index (χ3n) is 5.40. The van der Waals surface area contributed by atoms with Gasteiger partial charge in [0.15, 0.2) is 0 Å². The van der Waals surface area contributed by atoms with Gasteiger partial charge in [-0.2, -0.15) is 0 Å². The van der Waals surface area contributed by atoms with Crippen molar-refractivity contribution in [1.29, 1.82) is 0 Å². The second kappa shape index (κ2) is 8.65. The van der Waals surface area contributed by atoms with E-state index < -0.39 is 0 Å². The molecule has 1 N–H and O–H groups in total. The van der Waals surface area contributed by atoms with Gasteiger partial charge in [-0.3, -0.25) is 9.59 Å². The number of hydrogen-bond donors (Lipinski definition) is 1. The number of aryl methyl sites for hydroxylation is 1. The van der Waals surface area contributed by atoms with Crippen LogP contribution in [0.25, 0.3) is 0 Å². The number of benzene rings is 2. The van der Waals surface area contributed by atoms with E-state index >= 15 is 0 Å². The van der Waals surface area contributed by atoms with Crippen molar-refractivity contribution in [1.82, 2.24) is 4.90 Å². The first-order chi connectivity index (χ1) is 13.4. The molecule has 0 aromatic heterocycles. The van der Waals surface area contributed by atoms with E-state index in [0.717, 1.165) is 18.7 Å². The van der Waals surface area contributed by atoms with Gasteiger partial charge >= 0.3 is 0 Å². The molecule has 0 spiro atoms. The molecule has 0 aliphatic carbocycles. The summed E-state index contributed by atoms with van der Waals surface area (Å²) in [4.78, 5) is 28.9. The zero-order valence-electron chi connectivity index (χ0n) is 16.6. The van der Waals surface area contributed by atoms with Crippen molar-refractivity contribution < 1.29 is 9.59 Å². The van der Waals surface area contributed by atoms with Crippen molar-refractivity contribution in [2.24, 2.45) is 0 Å². The largest absolute Gasteiger partial charge is 0.368 e. The first-order valence-electron chi connectivity index (χ1n) is 9.50. The summed E-state index contributed by atoms with van der Waals surface area (Å²) in [7, 11) is 0. The fourth-order valence-electron chi connectivity index (χ4n) is 3.46. The second-order valence-corrected chi connectivity index (χ2v) is 7.63. The molecule has 5 nitrogen and oxygen atoms in total. The topological polar surface area (TPSA) is 52.7 Å². The number of nitrogens with one attached hydrogen (secondary N) is 1. The molecule has 6 heteroatoms. The van der Waals surface area contributed by atoms with E-state index in [1.807, 2.05) is 6.92 Å². The highest BCUT2D eigenvalue weighted by molar-refractivity contribution is 6.31. The first-order valence-corrected chi connectivity index (χ1v) is 9.88. The van der Waals surface area contributed by atoms with Crippen LogP contribution in [-0.2, 0) is 9.59 Å². The van der Waals surface area contributed by atoms with Crippen LogP contribution in [0.1, 0.15) is 23.1 Å². The number of hydrogen-bond acceptors (Lipinski definition) is 3. The summed E-state index contributed by atoms with van der Waals surface area (Å²) < 4.78 is 0. The van der Waals surface area contributed by atoms with Gasteiger partial charge in [-0.15, -0.1) is 0 Å². The number of nitrogens with zero attached hydrogens (tertiary/aromatic N) is 2. The molecule has 1 aliphatic heterocycles. The molecule has 3 rings (SSSR count). The van der Waals surface area contributed by atoms with Gasteiger partial charge in [0.1, 0.15) is 6.42 Å². The van der Waals surface area contributed by atoms with Gasteiger partial charge in [0.25, 0.3) is 0 Å². The number of carbonyl (C=O) groups excluding carboxylic acids is 2. The van der Waals surface area contributed by atoms with Crippen LogP contribution in [0.5, 0.6) is 0 Å². The number of amides is 2. The lowest BCUT2D eigenvalue weighted by Crippen LogP contribution is -2.49. The zero-order chi connectivity index (χ0) is 20.3. The Kier molecular flexibility index (Phi) is 6.25. The Morgan fingerprint density at radius 3 is 2.36 bits per heavy atom. The number of rotatable bonds is 4. The number of piperazine rings is 1. The van der Waals surface area contributed by atoms with E-state index in [-0.39, 0.29) is 18.2 Å². The minimum absolute atomic E-state index is 0.141. The predicted molar refractivity (Wildman–Crippen MR) is 114 cm³/mol. The molecular formula is C22H26ClN3O2.